The summed E-state index contributed by atoms with van der Waals surface area (Å²) < 4.78 is 11.2. The summed E-state index contributed by atoms with van der Waals surface area (Å²) in [5.41, 5.74) is 5.40. The quantitative estimate of drug-likeness (QED) is 0.220. The van der Waals surface area contributed by atoms with Crippen molar-refractivity contribution in [3.8, 4) is 11.1 Å². The summed E-state index contributed by atoms with van der Waals surface area (Å²) >= 11 is 0. The van der Waals surface area contributed by atoms with Crippen molar-refractivity contribution in [1.29, 1.82) is 0 Å². The Morgan fingerprint density at radius 3 is 2.60 bits per heavy atom. The summed E-state index contributed by atoms with van der Waals surface area (Å²) in [5, 5.41) is 7.95. The third-order valence-corrected chi connectivity index (χ3v) is 7.70. The van der Waals surface area contributed by atoms with Crippen molar-refractivity contribution in [1.82, 2.24) is 9.88 Å². The van der Waals surface area contributed by atoms with Gasteiger partial charge in [-0.25, -0.2) is 4.79 Å². The molecule has 0 radical (unpaired) electrons. The van der Waals surface area contributed by atoms with Gasteiger partial charge in [-0.05, 0) is 66.3 Å². The van der Waals surface area contributed by atoms with Crippen LogP contribution >= 0.6 is 0 Å². The van der Waals surface area contributed by atoms with E-state index in [1.54, 1.807) is 6.07 Å². The van der Waals surface area contributed by atoms with Gasteiger partial charge in [-0.3, -0.25) is 9.69 Å². The number of morpholine rings is 1. The van der Waals surface area contributed by atoms with Crippen LogP contribution in [0, 0.1) is 0 Å². The molecule has 0 amide bonds. The van der Waals surface area contributed by atoms with Gasteiger partial charge < -0.3 is 25.1 Å². The van der Waals surface area contributed by atoms with Gasteiger partial charge in [0, 0.05) is 43.0 Å². The van der Waals surface area contributed by atoms with Crippen molar-refractivity contribution in [2.24, 2.45) is 0 Å². The second kappa shape index (κ2) is 11.5. The van der Waals surface area contributed by atoms with Crippen molar-refractivity contribution in [2.75, 3.05) is 50.1 Å². The number of Topliss-reactive ketones (excluding diaryl/α,β-unsaturated/α-hetero) is 1. The number of carbonyl (C=O) groups excluding carboxylic acids is 2. The maximum absolute atomic E-state index is 13.8. The molecule has 0 aliphatic carbocycles. The largest absolute Gasteiger partial charge is 0.461 e. The summed E-state index contributed by atoms with van der Waals surface area (Å²) in [6, 6.07) is 21.0. The Bertz CT molecular complexity index is 1520. The Morgan fingerprint density at radius 1 is 0.975 bits per heavy atom. The smallest absolute Gasteiger partial charge is 0.338 e. The van der Waals surface area contributed by atoms with E-state index in [9.17, 15) is 9.59 Å². The van der Waals surface area contributed by atoms with E-state index in [4.69, 9.17) is 9.47 Å². The van der Waals surface area contributed by atoms with E-state index in [2.05, 4.69) is 27.4 Å². The van der Waals surface area contributed by atoms with Crippen LogP contribution in [0.25, 0.3) is 22.0 Å². The van der Waals surface area contributed by atoms with Gasteiger partial charge in [0.2, 0.25) is 0 Å². The molecular formula is C32H34N4O4. The number of hydrogen-bond acceptors (Lipinski definition) is 7. The van der Waals surface area contributed by atoms with Crippen LogP contribution in [-0.4, -0.2) is 73.2 Å². The van der Waals surface area contributed by atoms with E-state index in [1.807, 2.05) is 66.9 Å². The molecule has 40 heavy (non-hydrogen) atoms. The molecule has 0 saturated carbocycles. The third-order valence-electron chi connectivity index (χ3n) is 7.70. The van der Waals surface area contributed by atoms with Crippen LogP contribution in [0.15, 0.2) is 72.9 Å². The lowest BCUT2D eigenvalue weighted by atomic mass is 9.92. The fourth-order valence-electron chi connectivity index (χ4n) is 5.54. The lowest BCUT2D eigenvalue weighted by Crippen LogP contribution is -2.38. The minimum atomic E-state index is -0.432. The molecule has 3 heterocycles. The Morgan fingerprint density at radius 2 is 1.77 bits per heavy atom. The number of H-pyrrole nitrogens is 1. The predicted octanol–water partition coefficient (Wildman–Crippen LogP) is 5.19. The Balaban J connectivity index is 1.29. The van der Waals surface area contributed by atoms with Crippen LogP contribution in [0.2, 0.25) is 0 Å². The SMILES string of the molecule is C[C@H]1CC(C(=O)c2ccc(-c3ccc4[nH]ccc4c3)c(C(=O)OCCN3CCOCC3)c2)Nc2ccccc2N1. The molecule has 3 aromatic carbocycles. The molecule has 206 valence electrons. The van der Waals surface area contributed by atoms with Gasteiger partial charge in [-0.15, -0.1) is 0 Å². The number of fused-ring (bicyclic) bond motifs is 2. The molecule has 8 heteroatoms. The molecule has 1 fully saturated rings. The van der Waals surface area contributed by atoms with Crippen molar-refractivity contribution in [2.45, 2.75) is 25.4 Å². The predicted molar refractivity (Wildman–Crippen MR) is 157 cm³/mol. The van der Waals surface area contributed by atoms with E-state index in [-0.39, 0.29) is 18.4 Å². The molecule has 2 atom stereocenters. The number of ketones is 1. The van der Waals surface area contributed by atoms with Crippen LogP contribution in [0.1, 0.15) is 34.1 Å². The summed E-state index contributed by atoms with van der Waals surface area (Å²) in [6.07, 6.45) is 2.50. The molecule has 1 unspecified atom stereocenters. The molecule has 1 aromatic heterocycles. The Labute approximate surface area is 233 Å². The zero-order valence-electron chi connectivity index (χ0n) is 22.6. The third kappa shape index (κ3) is 5.59. The lowest BCUT2D eigenvalue weighted by molar-refractivity contribution is 0.0196. The summed E-state index contributed by atoms with van der Waals surface area (Å²) in [6.45, 7) is 6.03. The Hall–Kier alpha value is -4.14. The lowest BCUT2D eigenvalue weighted by Gasteiger charge is -2.26. The number of nitrogens with zero attached hydrogens (tertiary/aromatic N) is 1. The topological polar surface area (TPSA) is 95.7 Å². The highest BCUT2D eigenvalue weighted by Crippen LogP contribution is 2.31. The van der Waals surface area contributed by atoms with Crippen molar-refractivity contribution in [3.63, 3.8) is 0 Å². The summed E-state index contributed by atoms with van der Waals surface area (Å²) in [5.74, 6) is -0.485. The van der Waals surface area contributed by atoms with E-state index in [0.717, 1.165) is 46.5 Å². The highest BCUT2D eigenvalue weighted by molar-refractivity contribution is 6.06. The Kier molecular flexibility index (Phi) is 7.53. The number of carbonyl (C=O) groups is 2. The summed E-state index contributed by atoms with van der Waals surface area (Å²) in [7, 11) is 0. The number of hydrogen-bond donors (Lipinski definition) is 3. The van der Waals surface area contributed by atoms with Gasteiger partial charge >= 0.3 is 5.97 Å². The molecule has 2 aliphatic heterocycles. The number of para-hydroxylation sites is 2. The summed E-state index contributed by atoms with van der Waals surface area (Å²) in [4.78, 5) is 32.8. The number of benzene rings is 3. The van der Waals surface area contributed by atoms with Crippen LogP contribution in [0.5, 0.6) is 0 Å². The number of esters is 1. The molecule has 6 rings (SSSR count). The second-order valence-electron chi connectivity index (χ2n) is 10.5. The maximum Gasteiger partial charge on any atom is 0.338 e. The number of anilines is 2. The number of nitrogens with one attached hydrogen (secondary N) is 3. The highest BCUT2D eigenvalue weighted by Gasteiger charge is 2.28. The minimum Gasteiger partial charge on any atom is -0.461 e. The van der Waals surface area contributed by atoms with Gasteiger partial charge in [0.25, 0.3) is 0 Å². The number of rotatable bonds is 7. The zero-order chi connectivity index (χ0) is 27.5. The average molecular weight is 539 g/mol. The van der Waals surface area contributed by atoms with Crippen LogP contribution in [0.3, 0.4) is 0 Å². The molecule has 0 spiro atoms. The van der Waals surface area contributed by atoms with E-state index in [1.165, 1.54) is 0 Å². The first-order valence-corrected chi connectivity index (χ1v) is 13.9. The molecule has 4 aromatic rings. The van der Waals surface area contributed by atoms with Crippen molar-refractivity contribution in [3.05, 3.63) is 84.1 Å². The first-order chi connectivity index (χ1) is 19.5. The maximum atomic E-state index is 13.8. The number of aromatic amines is 1. The molecule has 1 saturated heterocycles. The fourth-order valence-corrected chi connectivity index (χ4v) is 5.54. The first kappa shape index (κ1) is 26.1. The molecule has 0 bridgehead atoms. The normalized spacial score (nSPS) is 19.2. The minimum absolute atomic E-state index is 0.0552. The van der Waals surface area contributed by atoms with E-state index in [0.29, 0.717) is 37.3 Å². The van der Waals surface area contributed by atoms with Crippen LogP contribution < -0.4 is 10.6 Å². The van der Waals surface area contributed by atoms with Gasteiger partial charge in [-0.1, -0.05) is 30.3 Å². The second-order valence-corrected chi connectivity index (χ2v) is 10.5. The van der Waals surface area contributed by atoms with Crippen LogP contribution in [-0.2, 0) is 9.47 Å². The molecule has 2 aliphatic rings. The average Bonchev–Trinajstić information content (AvgIpc) is 3.38. The molecule has 3 N–H and O–H groups in total. The number of aromatic nitrogens is 1. The van der Waals surface area contributed by atoms with Gasteiger partial charge in [0.15, 0.2) is 5.78 Å². The zero-order valence-corrected chi connectivity index (χ0v) is 22.6. The van der Waals surface area contributed by atoms with E-state index >= 15 is 0 Å². The van der Waals surface area contributed by atoms with Crippen molar-refractivity contribution < 1.29 is 19.1 Å². The standard InChI is InChI=1S/C32H34N4O4/c1-21-18-30(35-29-5-3-2-4-28(29)34-21)31(37)24-6-8-25(22-7-9-27-23(19-22)10-11-33-27)26(20-24)32(38)40-17-14-36-12-15-39-16-13-36/h2-11,19-21,30,33-35H,12-18H2,1H3/t21-,30?/m0/s1. The highest BCUT2D eigenvalue weighted by atomic mass is 16.5. The van der Waals surface area contributed by atoms with Crippen LogP contribution in [0.4, 0.5) is 11.4 Å². The monoisotopic (exact) mass is 538 g/mol. The first-order valence-electron chi connectivity index (χ1n) is 13.9. The number of ether oxygens (including phenoxy) is 2. The van der Waals surface area contributed by atoms with E-state index < -0.39 is 12.0 Å². The van der Waals surface area contributed by atoms with Gasteiger partial charge in [0.1, 0.15) is 6.61 Å². The molecular weight excluding hydrogens is 504 g/mol. The fraction of sp³-hybridized carbons (Fsp3) is 0.312. The molecule has 8 nitrogen and oxygen atoms in total. The van der Waals surface area contributed by atoms with Gasteiger partial charge in [-0.2, -0.15) is 0 Å². The van der Waals surface area contributed by atoms with Crippen molar-refractivity contribution >= 4 is 34.0 Å². The van der Waals surface area contributed by atoms with Gasteiger partial charge in [0.05, 0.1) is 36.2 Å².